The number of aromatic hydroxyl groups is 1. The Balaban J connectivity index is 0.000000289. The van der Waals surface area contributed by atoms with Gasteiger partial charge in [0.05, 0.1) is 0 Å². The van der Waals surface area contributed by atoms with Gasteiger partial charge in [0.25, 0.3) is 0 Å². The van der Waals surface area contributed by atoms with Crippen LogP contribution in [0, 0.1) is 20.8 Å². The van der Waals surface area contributed by atoms with E-state index in [9.17, 15) is 5.11 Å². The first-order valence-corrected chi connectivity index (χ1v) is 5.83. The average molecular weight is 246 g/mol. The Hall–Kier alpha value is -1.80. The molecule has 18 heavy (non-hydrogen) atoms. The molecule has 0 saturated carbocycles. The van der Waals surface area contributed by atoms with E-state index in [1.165, 1.54) is 5.56 Å². The predicted molar refractivity (Wildman–Crippen MR) is 76.9 cm³/mol. The van der Waals surface area contributed by atoms with Gasteiger partial charge in [-0.25, -0.2) is 0 Å². The molecule has 2 N–H and O–H groups in total. The fourth-order valence-electron chi connectivity index (χ4n) is 1.34. The Morgan fingerprint density at radius 1 is 0.667 bits per heavy atom. The van der Waals surface area contributed by atoms with E-state index in [4.69, 9.17) is 5.11 Å². The largest absolute Gasteiger partial charge is 0.507 e. The van der Waals surface area contributed by atoms with Crippen molar-refractivity contribution >= 4 is 0 Å². The van der Waals surface area contributed by atoms with Crippen LogP contribution in [0.2, 0.25) is 0 Å². The highest BCUT2D eigenvalue weighted by Gasteiger charge is 1.95. The summed E-state index contributed by atoms with van der Waals surface area (Å²) in [5.74, 6) is 0.414. The zero-order valence-electron chi connectivity index (χ0n) is 11.5. The molecule has 0 aliphatic heterocycles. The van der Waals surface area contributed by atoms with Gasteiger partial charge in [-0.2, -0.15) is 0 Å². The second-order valence-corrected chi connectivity index (χ2v) is 3.90. The molecule has 2 rings (SSSR count). The van der Waals surface area contributed by atoms with E-state index in [-0.39, 0.29) is 0 Å². The number of phenolic OH excluding ortho intramolecular Hbond substituents is 1. The van der Waals surface area contributed by atoms with Crippen LogP contribution < -0.4 is 0 Å². The molecule has 2 heteroatoms. The second-order valence-electron chi connectivity index (χ2n) is 3.90. The summed E-state index contributed by atoms with van der Waals surface area (Å²) in [6.45, 7) is 5.87. The molecule has 2 aromatic carbocycles. The Morgan fingerprint density at radius 3 is 1.39 bits per heavy atom. The Labute approximate surface area is 110 Å². The lowest BCUT2D eigenvalue weighted by Crippen LogP contribution is -1.76. The molecule has 0 aliphatic carbocycles. The van der Waals surface area contributed by atoms with Crippen molar-refractivity contribution in [3.05, 3.63) is 65.2 Å². The van der Waals surface area contributed by atoms with Crippen LogP contribution in [0.25, 0.3) is 0 Å². The van der Waals surface area contributed by atoms with Crippen molar-refractivity contribution < 1.29 is 10.2 Å². The number of aliphatic hydroxyl groups excluding tert-OH is 1. The molecule has 0 saturated heterocycles. The Kier molecular flexibility index (Phi) is 8.33. The summed E-state index contributed by atoms with van der Waals surface area (Å²) in [6.07, 6.45) is 0. The highest BCUT2D eigenvalue weighted by Crippen LogP contribution is 2.19. The smallest absolute Gasteiger partial charge is 0.121 e. The predicted octanol–water partition coefficient (Wildman–Crippen LogP) is 3.61. The minimum atomic E-state index is 0.414. The van der Waals surface area contributed by atoms with Gasteiger partial charge in [0.1, 0.15) is 5.75 Å². The summed E-state index contributed by atoms with van der Waals surface area (Å²) in [7, 11) is 1.00. The highest BCUT2D eigenvalue weighted by molar-refractivity contribution is 5.37. The third-order valence-electron chi connectivity index (χ3n) is 2.38. The van der Waals surface area contributed by atoms with Gasteiger partial charge in [-0.15, -0.1) is 0 Å². The first-order valence-electron chi connectivity index (χ1n) is 5.83. The molecule has 2 aromatic rings. The highest BCUT2D eigenvalue weighted by atomic mass is 16.3. The van der Waals surface area contributed by atoms with Crippen LogP contribution in [-0.4, -0.2) is 17.3 Å². The van der Waals surface area contributed by atoms with Crippen molar-refractivity contribution in [1.82, 2.24) is 0 Å². The number of phenols is 1. The third-order valence-corrected chi connectivity index (χ3v) is 2.38. The van der Waals surface area contributed by atoms with Gasteiger partial charge in [0.15, 0.2) is 0 Å². The van der Waals surface area contributed by atoms with E-state index in [0.29, 0.717) is 5.75 Å². The van der Waals surface area contributed by atoms with Gasteiger partial charge in [-0.3, -0.25) is 0 Å². The van der Waals surface area contributed by atoms with Gasteiger partial charge in [-0.1, -0.05) is 54.1 Å². The van der Waals surface area contributed by atoms with Crippen LogP contribution in [-0.2, 0) is 0 Å². The Morgan fingerprint density at radius 2 is 1.11 bits per heavy atom. The lowest BCUT2D eigenvalue weighted by atomic mass is 10.1. The summed E-state index contributed by atoms with van der Waals surface area (Å²) in [5.41, 5.74) is 3.20. The molecule has 0 aromatic heterocycles. The first-order chi connectivity index (χ1) is 8.61. The number of benzene rings is 2. The summed E-state index contributed by atoms with van der Waals surface area (Å²) in [4.78, 5) is 0. The van der Waals surface area contributed by atoms with Crippen molar-refractivity contribution in [2.45, 2.75) is 20.8 Å². The standard InChI is InChI=1S/C8H10O.C7H8.CH4O/c1-6-4-3-5-7(2)8(6)9;1-7-5-3-2-4-6-7;1-2/h3-5,9H,1-2H3;2-6H,1H3;2H,1H3. The topological polar surface area (TPSA) is 40.5 Å². The van der Waals surface area contributed by atoms with E-state index in [2.05, 4.69) is 19.1 Å². The molecule has 0 amide bonds. The summed E-state index contributed by atoms with van der Waals surface area (Å²) in [6, 6.07) is 16.0. The van der Waals surface area contributed by atoms with Crippen LogP contribution in [0.15, 0.2) is 48.5 Å². The number of para-hydroxylation sites is 1. The SMILES string of the molecule is CO.Cc1cccc(C)c1O.Cc1ccccc1. The van der Waals surface area contributed by atoms with Crippen molar-refractivity contribution in [3.8, 4) is 5.75 Å². The van der Waals surface area contributed by atoms with Gasteiger partial charge in [0.2, 0.25) is 0 Å². The molecular weight excluding hydrogens is 224 g/mol. The quantitative estimate of drug-likeness (QED) is 0.745. The number of hydrogen-bond acceptors (Lipinski definition) is 2. The van der Waals surface area contributed by atoms with E-state index in [1.807, 2.05) is 50.2 Å². The summed E-state index contributed by atoms with van der Waals surface area (Å²) >= 11 is 0. The molecule has 0 bridgehead atoms. The summed E-state index contributed by atoms with van der Waals surface area (Å²) in [5, 5.41) is 16.2. The lowest BCUT2D eigenvalue weighted by molar-refractivity contribution is 0.399. The molecule has 0 atom stereocenters. The first kappa shape index (κ1) is 16.2. The van der Waals surface area contributed by atoms with Gasteiger partial charge >= 0.3 is 0 Å². The molecule has 0 spiro atoms. The van der Waals surface area contributed by atoms with Crippen molar-refractivity contribution in [1.29, 1.82) is 0 Å². The van der Waals surface area contributed by atoms with E-state index in [1.54, 1.807) is 0 Å². The van der Waals surface area contributed by atoms with Gasteiger partial charge in [-0.05, 0) is 31.9 Å². The monoisotopic (exact) mass is 246 g/mol. The molecule has 0 fully saturated rings. The van der Waals surface area contributed by atoms with Crippen LogP contribution in [0.1, 0.15) is 16.7 Å². The minimum absolute atomic E-state index is 0.414. The van der Waals surface area contributed by atoms with Crippen molar-refractivity contribution in [2.24, 2.45) is 0 Å². The molecular formula is C16H22O2. The molecule has 0 heterocycles. The minimum Gasteiger partial charge on any atom is -0.507 e. The van der Waals surface area contributed by atoms with Crippen molar-refractivity contribution in [3.63, 3.8) is 0 Å². The Bertz CT molecular complexity index is 416. The van der Waals surface area contributed by atoms with E-state index < -0.39 is 0 Å². The number of aliphatic hydroxyl groups is 1. The molecule has 0 unspecified atom stereocenters. The zero-order valence-corrected chi connectivity index (χ0v) is 11.5. The van der Waals surface area contributed by atoms with E-state index in [0.717, 1.165) is 18.2 Å². The second kappa shape index (κ2) is 9.25. The number of aryl methyl sites for hydroxylation is 3. The zero-order chi connectivity index (χ0) is 14.0. The maximum Gasteiger partial charge on any atom is 0.121 e. The molecule has 98 valence electrons. The fraction of sp³-hybridized carbons (Fsp3) is 0.250. The van der Waals surface area contributed by atoms with Crippen LogP contribution in [0.3, 0.4) is 0 Å². The normalized spacial score (nSPS) is 8.50. The average Bonchev–Trinajstić information content (AvgIpc) is 2.40. The van der Waals surface area contributed by atoms with Crippen LogP contribution >= 0.6 is 0 Å². The third kappa shape index (κ3) is 6.06. The van der Waals surface area contributed by atoms with Crippen LogP contribution in [0.5, 0.6) is 5.75 Å². The lowest BCUT2D eigenvalue weighted by Gasteiger charge is -1.99. The molecule has 0 radical (unpaired) electrons. The fourth-order valence-corrected chi connectivity index (χ4v) is 1.34. The molecule has 2 nitrogen and oxygen atoms in total. The van der Waals surface area contributed by atoms with Crippen LogP contribution in [0.4, 0.5) is 0 Å². The molecule has 0 aliphatic rings. The summed E-state index contributed by atoms with van der Waals surface area (Å²) < 4.78 is 0. The maximum atomic E-state index is 9.21. The number of hydrogen-bond donors (Lipinski definition) is 2. The maximum absolute atomic E-state index is 9.21. The van der Waals surface area contributed by atoms with E-state index >= 15 is 0 Å². The van der Waals surface area contributed by atoms with Gasteiger partial charge in [0, 0.05) is 7.11 Å². The van der Waals surface area contributed by atoms with Gasteiger partial charge < -0.3 is 10.2 Å². The number of rotatable bonds is 0. The van der Waals surface area contributed by atoms with Crippen molar-refractivity contribution in [2.75, 3.05) is 7.11 Å².